The van der Waals surface area contributed by atoms with Gasteiger partial charge in [0.2, 0.25) is 5.91 Å². The number of aromatic nitrogens is 5. The number of hydrogen-bond acceptors (Lipinski definition) is 8. The van der Waals surface area contributed by atoms with E-state index in [2.05, 4.69) is 25.6 Å². The number of thioether (sulfide) groups is 1. The highest BCUT2D eigenvalue weighted by Gasteiger charge is 2.15. The summed E-state index contributed by atoms with van der Waals surface area (Å²) in [5.74, 6) is -0.525. The SMILES string of the molecule is CCOC(=O)c1ccc(NC(=O)CSc2ncnc3c2nnn3-c2cccc(Cl)c2)cc1. The van der Waals surface area contributed by atoms with Crippen LogP contribution in [0.2, 0.25) is 5.02 Å². The number of anilines is 1. The third kappa shape index (κ3) is 4.87. The molecule has 2 aromatic heterocycles. The normalized spacial score (nSPS) is 10.8. The number of nitrogens with zero attached hydrogens (tertiary/aromatic N) is 5. The lowest BCUT2D eigenvalue weighted by Crippen LogP contribution is -2.14. The van der Waals surface area contributed by atoms with Crippen LogP contribution in [-0.2, 0) is 9.53 Å². The van der Waals surface area contributed by atoms with Crippen LogP contribution in [0, 0.1) is 0 Å². The Labute approximate surface area is 192 Å². The van der Waals surface area contributed by atoms with Crippen molar-refractivity contribution in [2.75, 3.05) is 17.7 Å². The van der Waals surface area contributed by atoms with E-state index in [1.54, 1.807) is 48.0 Å². The van der Waals surface area contributed by atoms with Crippen molar-refractivity contribution in [1.29, 1.82) is 0 Å². The first kappa shape index (κ1) is 21.7. The maximum Gasteiger partial charge on any atom is 0.338 e. The van der Waals surface area contributed by atoms with Crippen molar-refractivity contribution in [1.82, 2.24) is 25.0 Å². The molecular weight excluding hydrogens is 452 g/mol. The van der Waals surface area contributed by atoms with Gasteiger partial charge in [-0.15, -0.1) is 5.10 Å². The van der Waals surface area contributed by atoms with Crippen molar-refractivity contribution in [3.8, 4) is 5.69 Å². The minimum Gasteiger partial charge on any atom is -0.462 e. The molecule has 1 amide bonds. The molecule has 0 aliphatic heterocycles. The number of fused-ring (bicyclic) bond motifs is 1. The van der Waals surface area contributed by atoms with E-state index in [0.29, 0.717) is 39.1 Å². The molecule has 9 nitrogen and oxygen atoms in total. The predicted octanol–water partition coefficient (Wildman–Crippen LogP) is 3.77. The van der Waals surface area contributed by atoms with E-state index in [0.717, 1.165) is 5.69 Å². The Morgan fingerprint density at radius 1 is 1.16 bits per heavy atom. The number of nitrogens with one attached hydrogen (secondary N) is 1. The third-order valence-electron chi connectivity index (χ3n) is 4.28. The van der Waals surface area contributed by atoms with Crippen LogP contribution >= 0.6 is 23.4 Å². The number of esters is 1. The van der Waals surface area contributed by atoms with E-state index in [1.807, 2.05) is 12.1 Å². The Balaban J connectivity index is 1.43. The lowest BCUT2D eigenvalue weighted by Gasteiger charge is -2.06. The van der Waals surface area contributed by atoms with Gasteiger partial charge in [-0.1, -0.05) is 34.6 Å². The average Bonchev–Trinajstić information content (AvgIpc) is 3.23. The molecule has 2 heterocycles. The van der Waals surface area contributed by atoms with Crippen LogP contribution in [0.3, 0.4) is 0 Å². The van der Waals surface area contributed by atoms with E-state index in [9.17, 15) is 9.59 Å². The first-order valence-electron chi connectivity index (χ1n) is 9.57. The van der Waals surface area contributed by atoms with Crippen LogP contribution in [0.4, 0.5) is 5.69 Å². The molecule has 2 aromatic carbocycles. The van der Waals surface area contributed by atoms with E-state index in [1.165, 1.54) is 18.1 Å². The Kier molecular flexibility index (Phi) is 6.62. The van der Waals surface area contributed by atoms with Gasteiger partial charge in [0.1, 0.15) is 11.4 Å². The summed E-state index contributed by atoms with van der Waals surface area (Å²) < 4.78 is 6.51. The fraction of sp³-hybridized carbons (Fsp3) is 0.143. The van der Waals surface area contributed by atoms with Crippen molar-refractivity contribution < 1.29 is 14.3 Å². The Morgan fingerprint density at radius 2 is 1.97 bits per heavy atom. The number of rotatable bonds is 7. The topological polar surface area (TPSA) is 112 Å². The average molecular weight is 469 g/mol. The highest BCUT2D eigenvalue weighted by atomic mass is 35.5. The molecule has 0 aliphatic carbocycles. The Hall–Kier alpha value is -3.50. The molecule has 0 fully saturated rings. The third-order valence-corrected chi connectivity index (χ3v) is 5.49. The van der Waals surface area contributed by atoms with Gasteiger partial charge >= 0.3 is 5.97 Å². The fourth-order valence-corrected chi connectivity index (χ4v) is 3.77. The summed E-state index contributed by atoms with van der Waals surface area (Å²) in [4.78, 5) is 32.6. The summed E-state index contributed by atoms with van der Waals surface area (Å²) >= 11 is 7.29. The maximum atomic E-state index is 12.4. The monoisotopic (exact) mass is 468 g/mol. The second-order valence-electron chi connectivity index (χ2n) is 6.47. The summed E-state index contributed by atoms with van der Waals surface area (Å²) in [5, 5.41) is 12.2. The molecule has 1 N–H and O–H groups in total. The fourth-order valence-electron chi connectivity index (χ4n) is 2.85. The summed E-state index contributed by atoms with van der Waals surface area (Å²) in [6, 6.07) is 13.7. The van der Waals surface area contributed by atoms with Crippen molar-refractivity contribution >= 4 is 52.1 Å². The summed E-state index contributed by atoms with van der Waals surface area (Å²) in [6.07, 6.45) is 1.40. The minimum absolute atomic E-state index is 0.107. The highest BCUT2D eigenvalue weighted by molar-refractivity contribution is 8.00. The van der Waals surface area contributed by atoms with Crippen molar-refractivity contribution in [3.05, 3.63) is 65.4 Å². The van der Waals surface area contributed by atoms with Crippen molar-refractivity contribution in [3.63, 3.8) is 0 Å². The second kappa shape index (κ2) is 9.75. The highest BCUT2D eigenvalue weighted by Crippen LogP contribution is 2.25. The molecule has 4 aromatic rings. The smallest absolute Gasteiger partial charge is 0.338 e. The van der Waals surface area contributed by atoms with Gasteiger partial charge in [0, 0.05) is 10.7 Å². The molecule has 0 bridgehead atoms. The molecule has 0 spiro atoms. The Morgan fingerprint density at radius 3 is 2.72 bits per heavy atom. The van der Waals surface area contributed by atoms with Gasteiger partial charge < -0.3 is 10.1 Å². The van der Waals surface area contributed by atoms with Gasteiger partial charge in [0.05, 0.1) is 23.6 Å². The van der Waals surface area contributed by atoms with Crippen LogP contribution in [0.5, 0.6) is 0 Å². The molecule has 11 heteroatoms. The van der Waals surface area contributed by atoms with Crippen LogP contribution in [0.15, 0.2) is 59.9 Å². The van der Waals surface area contributed by atoms with Gasteiger partial charge in [0.15, 0.2) is 11.2 Å². The standard InChI is InChI=1S/C21H17ClN6O3S/c1-2-31-21(30)13-6-8-15(9-7-13)25-17(29)11-32-20-18-19(23-12-24-20)28(27-26-18)16-5-3-4-14(22)10-16/h3-10,12H,2,11H2,1H3,(H,25,29). The van der Waals surface area contributed by atoms with Crippen LogP contribution in [0.25, 0.3) is 16.9 Å². The number of hydrogen-bond donors (Lipinski definition) is 1. The maximum absolute atomic E-state index is 12.4. The van der Waals surface area contributed by atoms with Crippen LogP contribution in [0.1, 0.15) is 17.3 Å². The molecule has 32 heavy (non-hydrogen) atoms. The quantitative estimate of drug-likeness (QED) is 0.248. The summed E-state index contributed by atoms with van der Waals surface area (Å²) in [6.45, 7) is 2.05. The first-order chi connectivity index (χ1) is 15.5. The molecule has 162 valence electrons. The largest absolute Gasteiger partial charge is 0.462 e. The molecule has 0 atom stereocenters. The molecular formula is C21H17ClN6O3S. The molecule has 0 saturated carbocycles. The van der Waals surface area contributed by atoms with Gasteiger partial charge in [0.25, 0.3) is 0 Å². The van der Waals surface area contributed by atoms with E-state index >= 15 is 0 Å². The molecule has 0 aliphatic rings. The van der Waals surface area contributed by atoms with Crippen LogP contribution in [-0.4, -0.2) is 49.2 Å². The van der Waals surface area contributed by atoms with Crippen molar-refractivity contribution in [2.45, 2.75) is 11.9 Å². The molecule has 0 radical (unpaired) electrons. The van der Waals surface area contributed by atoms with Crippen molar-refractivity contribution in [2.24, 2.45) is 0 Å². The van der Waals surface area contributed by atoms with Crippen LogP contribution < -0.4 is 5.32 Å². The first-order valence-corrected chi connectivity index (χ1v) is 10.9. The van der Waals surface area contributed by atoms with Gasteiger partial charge in [-0.05, 0) is 49.4 Å². The lowest BCUT2D eigenvalue weighted by molar-refractivity contribution is -0.113. The number of amides is 1. The number of ether oxygens (including phenoxy) is 1. The Bertz CT molecular complexity index is 1280. The molecule has 0 saturated heterocycles. The molecule has 0 unspecified atom stereocenters. The van der Waals surface area contributed by atoms with Gasteiger partial charge in [-0.25, -0.2) is 14.8 Å². The second-order valence-corrected chi connectivity index (χ2v) is 7.87. The van der Waals surface area contributed by atoms with E-state index in [4.69, 9.17) is 16.3 Å². The predicted molar refractivity (Wildman–Crippen MR) is 121 cm³/mol. The number of carbonyl (C=O) groups excluding carboxylic acids is 2. The van der Waals surface area contributed by atoms with Gasteiger partial charge in [-0.3, -0.25) is 4.79 Å². The number of halogens is 1. The summed E-state index contributed by atoms with van der Waals surface area (Å²) in [7, 11) is 0. The lowest BCUT2D eigenvalue weighted by atomic mass is 10.2. The van der Waals surface area contributed by atoms with Gasteiger partial charge in [-0.2, -0.15) is 4.68 Å². The zero-order valence-electron chi connectivity index (χ0n) is 16.9. The zero-order chi connectivity index (χ0) is 22.5. The molecule has 4 rings (SSSR count). The minimum atomic E-state index is -0.403. The zero-order valence-corrected chi connectivity index (χ0v) is 18.4. The van der Waals surface area contributed by atoms with E-state index in [-0.39, 0.29) is 11.7 Å². The number of carbonyl (C=O) groups is 2. The van der Waals surface area contributed by atoms with E-state index < -0.39 is 5.97 Å². The summed E-state index contributed by atoms with van der Waals surface area (Å²) in [5.41, 5.74) is 2.72. The number of benzene rings is 2.